The van der Waals surface area contributed by atoms with Crippen molar-refractivity contribution < 1.29 is 24.0 Å². The highest BCUT2D eigenvalue weighted by molar-refractivity contribution is 6.26. The van der Waals surface area contributed by atoms with Gasteiger partial charge in [-0.2, -0.15) is 0 Å². The van der Waals surface area contributed by atoms with Crippen molar-refractivity contribution in [1.82, 2.24) is 0 Å². The van der Waals surface area contributed by atoms with Gasteiger partial charge in [-0.05, 0) is 30.3 Å². The van der Waals surface area contributed by atoms with Crippen molar-refractivity contribution in [3.63, 3.8) is 0 Å². The molecule has 3 aromatic carbocycles. The van der Waals surface area contributed by atoms with Gasteiger partial charge in [0.1, 0.15) is 18.5 Å². The monoisotopic (exact) mass is 418 g/mol. The second kappa shape index (κ2) is 8.76. The maximum Gasteiger partial charge on any atom is 0.273 e. The molecule has 0 aromatic heterocycles. The lowest BCUT2D eigenvalue weighted by Crippen LogP contribution is -2.37. The van der Waals surface area contributed by atoms with Crippen molar-refractivity contribution in [1.29, 1.82) is 0 Å². The van der Waals surface area contributed by atoms with E-state index in [4.69, 9.17) is 9.47 Å². The van der Waals surface area contributed by atoms with Gasteiger partial charge in [0.2, 0.25) is 0 Å². The summed E-state index contributed by atoms with van der Waals surface area (Å²) in [5.74, 6) is -1.15. The van der Waals surface area contributed by atoms with Gasteiger partial charge in [0, 0.05) is 11.6 Å². The van der Waals surface area contributed by atoms with Crippen molar-refractivity contribution in [2.24, 2.45) is 0 Å². The van der Waals surface area contributed by atoms with Crippen LogP contribution in [0, 0.1) is 10.1 Å². The Kier molecular flexibility index (Phi) is 5.72. The van der Waals surface area contributed by atoms with Crippen LogP contribution in [0.15, 0.2) is 78.9 Å². The van der Waals surface area contributed by atoms with Crippen molar-refractivity contribution >= 4 is 23.2 Å². The Morgan fingerprint density at radius 2 is 1.65 bits per heavy atom. The second-order valence-corrected chi connectivity index (χ2v) is 6.85. The number of nitro groups is 1. The maximum atomic E-state index is 13.5. The molecule has 156 valence electrons. The number of non-ortho nitro benzene ring substituents is 1. The third-order valence-electron chi connectivity index (χ3n) is 4.67. The molecule has 0 spiro atoms. The highest BCUT2D eigenvalue weighted by Gasteiger charge is 2.30. The molecule has 0 bridgehead atoms. The Morgan fingerprint density at radius 1 is 1.00 bits per heavy atom. The van der Waals surface area contributed by atoms with Gasteiger partial charge in [-0.15, -0.1) is 0 Å². The van der Waals surface area contributed by atoms with Crippen LogP contribution < -0.4 is 9.64 Å². The van der Waals surface area contributed by atoms with E-state index in [2.05, 4.69) is 0 Å². The van der Waals surface area contributed by atoms with Crippen molar-refractivity contribution in [3.8, 4) is 5.75 Å². The van der Waals surface area contributed by atoms with Crippen LogP contribution in [0.1, 0.15) is 20.7 Å². The van der Waals surface area contributed by atoms with E-state index in [0.29, 0.717) is 17.9 Å². The predicted molar refractivity (Wildman–Crippen MR) is 112 cm³/mol. The largest absolute Gasteiger partial charge is 0.490 e. The number of amides is 2. The van der Waals surface area contributed by atoms with Crippen LogP contribution in [0.4, 0.5) is 11.4 Å². The summed E-state index contributed by atoms with van der Waals surface area (Å²) in [7, 11) is 0. The van der Waals surface area contributed by atoms with Crippen LogP contribution in [0.25, 0.3) is 0 Å². The summed E-state index contributed by atoms with van der Waals surface area (Å²) in [4.78, 5) is 38.5. The van der Waals surface area contributed by atoms with Crippen LogP contribution in [-0.4, -0.2) is 36.1 Å². The zero-order valence-electron chi connectivity index (χ0n) is 16.3. The Balaban J connectivity index is 1.75. The topological polar surface area (TPSA) is 102 Å². The fourth-order valence-corrected chi connectivity index (χ4v) is 3.00. The fraction of sp³-hybridized carbons (Fsp3) is 0.130. The zero-order chi connectivity index (χ0) is 21.8. The van der Waals surface area contributed by atoms with E-state index in [1.807, 2.05) is 0 Å². The van der Waals surface area contributed by atoms with Crippen LogP contribution in [0.2, 0.25) is 0 Å². The molecule has 1 heterocycles. The minimum absolute atomic E-state index is 0.0245. The number of epoxide rings is 1. The molecule has 0 aliphatic carbocycles. The molecule has 1 aliphatic rings. The van der Waals surface area contributed by atoms with E-state index in [1.54, 1.807) is 60.7 Å². The third kappa shape index (κ3) is 4.59. The van der Waals surface area contributed by atoms with Crippen LogP contribution in [0.3, 0.4) is 0 Å². The molecule has 8 heteroatoms. The summed E-state index contributed by atoms with van der Waals surface area (Å²) in [5, 5.41) is 11.2. The Hall–Kier alpha value is -4.04. The van der Waals surface area contributed by atoms with Crippen LogP contribution >= 0.6 is 0 Å². The van der Waals surface area contributed by atoms with Crippen molar-refractivity contribution in [2.75, 3.05) is 18.1 Å². The Labute approximate surface area is 177 Å². The number of hydrogen-bond acceptors (Lipinski definition) is 6. The number of para-hydroxylation sites is 1. The second-order valence-electron chi connectivity index (χ2n) is 6.85. The van der Waals surface area contributed by atoms with E-state index >= 15 is 0 Å². The first kappa shape index (κ1) is 20.2. The number of nitro benzene ring substituents is 1. The van der Waals surface area contributed by atoms with Gasteiger partial charge >= 0.3 is 0 Å². The highest BCUT2D eigenvalue weighted by atomic mass is 16.6. The molecule has 2 amide bonds. The molecule has 1 unspecified atom stereocenters. The van der Waals surface area contributed by atoms with Gasteiger partial charge < -0.3 is 9.47 Å². The summed E-state index contributed by atoms with van der Waals surface area (Å²) < 4.78 is 10.8. The molecule has 4 rings (SSSR count). The SMILES string of the molecule is O=C(c1ccccc1)N(C(=O)c1ccc([N+](=O)[O-])cc1OCC1CO1)c1ccccc1. The molecule has 8 nitrogen and oxygen atoms in total. The van der Waals surface area contributed by atoms with E-state index in [9.17, 15) is 19.7 Å². The van der Waals surface area contributed by atoms with Gasteiger partial charge in [-0.25, -0.2) is 4.90 Å². The Bertz CT molecular complexity index is 1110. The molecule has 3 aromatic rings. The van der Waals surface area contributed by atoms with Crippen LogP contribution in [0.5, 0.6) is 5.75 Å². The molecule has 1 fully saturated rings. The number of rotatable bonds is 7. The van der Waals surface area contributed by atoms with Gasteiger partial charge in [0.05, 0.1) is 28.8 Å². The van der Waals surface area contributed by atoms with E-state index in [-0.39, 0.29) is 29.7 Å². The number of nitrogens with zero attached hydrogens (tertiary/aromatic N) is 2. The van der Waals surface area contributed by atoms with Gasteiger partial charge in [0.15, 0.2) is 0 Å². The average Bonchev–Trinajstić information content (AvgIpc) is 3.63. The molecular formula is C23H18N2O6. The molecule has 0 N–H and O–H groups in total. The smallest absolute Gasteiger partial charge is 0.273 e. The first-order valence-corrected chi connectivity index (χ1v) is 9.56. The summed E-state index contributed by atoms with van der Waals surface area (Å²) in [6.07, 6.45) is -0.113. The number of hydrogen-bond donors (Lipinski definition) is 0. The lowest BCUT2D eigenvalue weighted by atomic mass is 10.1. The minimum Gasteiger partial charge on any atom is -0.490 e. The number of imide groups is 1. The van der Waals surface area contributed by atoms with E-state index < -0.39 is 16.7 Å². The minimum atomic E-state index is -0.651. The number of anilines is 1. The highest BCUT2D eigenvalue weighted by Crippen LogP contribution is 2.29. The fourth-order valence-electron chi connectivity index (χ4n) is 3.00. The molecule has 1 saturated heterocycles. The Morgan fingerprint density at radius 3 is 2.26 bits per heavy atom. The maximum absolute atomic E-state index is 13.5. The van der Waals surface area contributed by atoms with Gasteiger partial charge in [-0.3, -0.25) is 19.7 Å². The lowest BCUT2D eigenvalue weighted by molar-refractivity contribution is -0.384. The number of benzene rings is 3. The normalized spacial score (nSPS) is 14.5. The summed E-state index contributed by atoms with van der Waals surface area (Å²) in [6, 6.07) is 20.6. The third-order valence-corrected chi connectivity index (χ3v) is 4.67. The number of ether oxygens (including phenoxy) is 2. The van der Waals surface area contributed by atoms with Crippen molar-refractivity contribution in [2.45, 2.75) is 6.10 Å². The quantitative estimate of drug-likeness (QED) is 0.250. The van der Waals surface area contributed by atoms with E-state index in [1.165, 1.54) is 18.2 Å². The summed E-state index contributed by atoms with van der Waals surface area (Å²) in [6.45, 7) is 0.681. The molecule has 1 atom stereocenters. The molecule has 1 aliphatic heterocycles. The summed E-state index contributed by atoms with van der Waals surface area (Å²) in [5.41, 5.74) is 0.523. The van der Waals surface area contributed by atoms with Gasteiger partial charge in [0.25, 0.3) is 17.5 Å². The molecule has 31 heavy (non-hydrogen) atoms. The lowest BCUT2D eigenvalue weighted by Gasteiger charge is -2.22. The molecular weight excluding hydrogens is 400 g/mol. The van der Waals surface area contributed by atoms with Crippen molar-refractivity contribution in [3.05, 3.63) is 100 Å². The average molecular weight is 418 g/mol. The zero-order valence-corrected chi connectivity index (χ0v) is 16.3. The van der Waals surface area contributed by atoms with E-state index in [0.717, 1.165) is 4.90 Å². The summed E-state index contributed by atoms with van der Waals surface area (Å²) >= 11 is 0. The molecule has 0 radical (unpaired) electrons. The first-order valence-electron chi connectivity index (χ1n) is 9.56. The number of carbonyl (C=O) groups is 2. The standard InChI is InChI=1S/C23H18N2O6/c26-22(16-7-3-1-4-8-16)24(17-9-5-2-6-10-17)23(27)20-12-11-18(25(28)29)13-21(20)31-15-19-14-30-19/h1-13,19H,14-15H2. The first-order chi connectivity index (χ1) is 15.0. The molecule has 0 saturated carbocycles. The van der Waals surface area contributed by atoms with Crippen LogP contribution in [-0.2, 0) is 4.74 Å². The van der Waals surface area contributed by atoms with Gasteiger partial charge in [-0.1, -0.05) is 36.4 Å². The number of carbonyl (C=O) groups excluding carboxylic acids is 2. The predicted octanol–water partition coefficient (Wildman–Crippen LogP) is 3.86.